The third-order valence-corrected chi connectivity index (χ3v) is 3.18. The lowest BCUT2D eigenvalue weighted by atomic mass is 10.2. The molecule has 0 spiro atoms. The number of fused-ring (bicyclic) bond motifs is 1. The third kappa shape index (κ3) is 1.70. The summed E-state index contributed by atoms with van der Waals surface area (Å²) in [5.74, 6) is 0. The van der Waals surface area contributed by atoms with E-state index in [2.05, 4.69) is 16.1 Å². The van der Waals surface area contributed by atoms with Crippen molar-refractivity contribution in [1.29, 1.82) is 0 Å². The average molecular weight is 260 g/mol. The SMILES string of the molecule is [c]1cccc(-c2cnc3ccc(-c4ccoc4)nn23)c1. The number of rotatable bonds is 2. The second kappa shape index (κ2) is 4.35. The van der Waals surface area contributed by atoms with Crippen LogP contribution >= 0.6 is 0 Å². The number of benzene rings is 1. The van der Waals surface area contributed by atoms with Gasteiger partial charge in [0.2, 0.25) is 0 Å². The number of hydrogen-bond acceptors (Lipinski definition) is 3. The molecular formula is C16H10N3O. The molecule has 0 amide bonds. The molecule has 3 aromatic heterocycles. The van der Waals surface area contributed by atoms with Crippen molar-refractivity contribution < 1.29 is 4.42 Å². The maximum atomic E-state index is 5.11. The van der Waals surface area contributed by atoms with Gasteiger partial charge >= 0.3 is 0 Å². The first-order valence-corrected chi connectivity index (χ1v) is 6.26. The molecule has 0 saturated carbocycles. The van der Waals surface area contributed by atoms with Gasteiger partial charge in [0.1, 0.15) is 0 Å². The van der Waals surface area contributed by atoms with Crippen molar-refractivity contribution in [2.75, 3.05) is 0 Å². The zero-order chi connectivity index (χ0) is 13.4. The van der Waals surface area contributed by atoms with Crippen LogP contribution in [0, 0.1) is 6.07 Å². The van der Waals surface area contributed by atoms with E-state index in [1.807, 2.05) is 53.2 Å². The highest BCUT2D eigenvalue weighted by Gasteiger charge is 2.09. The molecule has 4 aromatic rings. The van der Waals surface area contributed by atoms with E-state index in [0.29, 0.717) is 0 Å². The van der Waals surface area contributed by atoms with Crippen molar-refractivity contribution in [1.82, 2.24) is 14.6 Å². The minimum atomic E-state index is 0.816. The Bertz CT molecular complexity index is 848. The Kier molecular flexibility index (Phi) is 2.39. The van der Waals surface area contributed by atoms with Crippen LogP contribution < -0.4 is 0 Å². The van der Waals surface area contributed by atoms with Gasteiger partial charge in [0.05, 0.1) is 30.1 Å². The van der Waals surface area contributed by atoms with Crippen LogP contribution in [0.5, 0.6) is 0 Å². The molecule has 0 bridgehead atoms. The van der Waals surface area contributed by atoms with E-state index in [1.54, 1.807) is 12.5 Å². The monoisotopic (exact) mass is 260 g/mol. The molecule has 4 rings (SSSR count). The van der Waals surface area contributed by atoms with Gasteiger partial charge in [0.25, 0.3) is 0 Å². The van der Waals surface area contributed by atoms with Crippen LogP contribution in [0.15, 0.2) is 65.6 Å². The summed E-state index contributed by atoms with van der Waals surface area (Å²) in [5.41, 5.74) is 4.60. The van der Waals surface area contributed by atoms with Gasteiger partial charge < -0.3 is 4.42 Å². The maximum absolute atomic E-state index is 5.11. The summed E-state index contributed by atoms with van der Waals surface area (Å²) in [6.45, 7) is 0. The van der Waals surface area contributed by atoms with Crippen LogP contribution in [0.4, 0.5) is 0 Å². The first kappa shape index (κ1) is 11.0. The van der Waals surface area contributed by atoms with E-state index in [-0.39, 0.29) is 0 Å². The number of nitrogens with zero attached hydrogens (tertiary/aromatic N) is 3. The van der Waals surface area contributed by atoms with Crippen LogP contribution in [0.2, 0.25) is 0 Å². The molecule has 95 valence electrons. The van der Waals surface area contributed by atoms with Crippen LogP contribution in [0.25, 0.3) is 28.2 Å². The Morgan fingerprint density at radius 2 is 2.10 bits per heavy atom. The molecule has 20 heavy (non-hydrogen) atoms. The van der Waals surface area contributed by atoms with E-state index in [0.717, 1.165) is 28.2 Å². The van der Waals surface area contributed by atoms with Gasteiger partial charge in [-0.1, -0.05) is 18.2 Å². The van der Waals surface area contributed by atoms with Gasteiger partial charge in [-0.2, -0.15) is 5.10 Å². The summed E-state index contributed by atoms with van der Waals surface area (Å²) in [7, 11) is 0. The molecule has 4 nitrogen and oxygen atoms in total. The largest absolute Gasteiger partial charge is 0.472 e. The van der Waals surface area contributed by atoms with Crippen LogP contribution in [0.3, 0.4) is 0 Å². The average Bonchev–Trinajstić information content (AvgIpc) is 3.17. The van der Waals surface area contributed by atoms with Gasteiger partial charge in [0.15, 0.2) is 5.65 Å². The minimum absolute atomic E-state index is 0.816. The fourth-order valence-electron chi connectivity index (χ4n) is 2.19. The van der Waals surface area contributed by atoms with Gasteiger partial charge in [-0.25, -0.2) is 9.50 Å². The Balaban J connectivity index is 1.93. The number of hydrogen-bond donors (Lipinski definition) is 0. The zero-order valence-corrected chi connectivity index (χ0v) is 10.5. The van der Waals surface area contributed by atoms with Gasteiger partial charge in [-0.05, 0) is 30.3 Å². The predicted octanol–water partition coefficient (Wildman–Crippen LogP) is 3.46. The summed E-state index contributed by atoms with van der Waals surface area (Å²) >= 11 is 0. The molecule has 0 aliphatic heterocycles. The molecule has 0 saturated heterocycles. The first-order chi connectivity index (χ1) is 9.92. The molecule has 1 aromatic carbocycles. The summed E-state index contributed by atoms with van der Waals surface area (Å²) < 4.78 is 6.95. The van der Waals surface area contributed by atoms with E-state index >= 15 is 0 Å². The lowest BCUT2D eigenvalue weighted by molar-refractivity contribution is 0.568. The topological polar surface area (TPSA) is 43.3 Å². The molecule has 0 N–H and O–H groups in total. The number of imidazole rings is 1. The number of aromatic nitrogens is 3. The van der Waals surface area contributed by atoms with Gasteiger partial charge in [-0.3, -0.25) is 0 Å². The van der Waals surface area contributed by atoms with E-state index in [4.69, 9.17) is 4.42 Å². The smallest absolute Gasteiger partial charge is 0.154 e. The highest BCUT2D eigenvalue weighted by Crippen LogP contribution is 2.22. The number of furan rings is 1. The molecular weight excluding hydrogens is 250 g/mol. The van der Waals surface area contributed by atoms with Crippen molar-refractivity contribution in [3.8, 4) is 22.5 Å². The fraction of sp³-hybridized carbons (Fsp3) is 0. The normalized spacial score (nSPS) is 11.0. The Labute approximate surface area is 115 Å². The molecule has 3 heterocycles. The van der Waals surface area contributed by atoms with Crippen LogP contribution in [-0.4, -0.2) is 14.6 Å². The van der Waals surface area contributed by atoms with Crippen LogP contribution in [-0.2, 0) is 0 Å². The highest BCUT2D eigenvalue weighted by atomic mass is 16.3. The minimum Gasteiger partial charge on any atom is -0.472 e. The third-order valence-electron chi connectivity index (χ3n) is 3.18. The Hall–Kier alpha value is -2.88. The first-order valence-electron chi connectivity index (χ1n) is 6.26. The van der Waals surface area contributed by atoms with Crippen molar-refractivity contribution in [3.05, 3.63) is 67.3 Å². The standard InChI is InChI=1S/C16H10N3O/c1-2-4-12(5-3-1)15-10-17-16-7-6-14(18-19(15)16)13-8-9-20-11-13/h1-2,4-11H. The molecule has 0 fully saturated rings. The molecule has 0 aliphatic rings. The quantitative estimate of drug-likeness (QED) is 0.554. The molecule has 0 atom stereocenters. The van der Waals surface area contributed by atoms with Crippen molar-refractivity contribution >= 4 is 5.65 Å². The summed E-state index contributed by atoms with van der Waals surface area (Å²) in [6.07, 6.45) is 5.15. The van der Waals surface area contributed by atoms with Crippen LogP contribution in [0.1, 0.15) is 0 Å². The molecule has 1 radical (unpaired) electrons. The van der Waals surface area contributed by atoms with E-state index in [1.165, 1.54) is 0 Å². The zero-order valence-electron chi connectivity index (χ0n) is 10.5. The Morgan fingerprint density at radius 1 is 1.10 bits per heavy atom. The van der Waals surface area contributed by atoms with Crippen molar-refractivity contribution in [2.45, 2.75) is 0 Å². The van der Waals surface area contributed by atoms with Gasteiger partial charge in [0, 0.05) is 11.1 Å². The lowest BCUT2D eigenvalue weighted by Gasteiger charge is -2.02. The Morgan fingerprint density at radius 3 is 2.90 bits per heavy atom. The summed E-state index contributed by atoms with van der Waals surface area (Å²) in [4.78, 5) is 4.38. The molecule has 0 unspecified atom stereocenters. The van der Waals surface area contributed by atoms with E-state index < -0.39 is 0 Å². The molecule has 0 aliphatic carbocycles. The fourth-order valence-corrected chi connectivity index (χ4v) is 2.19. The van der Waals surface area contributed by atoms with E-state index in [9.17, 15) is 0 Å². The van der Waals surface area contributed by atoms with Gasteiger partial charge in [-0.15, -0.1) is 0 Å². The highest BCUT2D eigenvalue weighted by molar-refractivity contribution is 5.65. The predicted molar refractivity (Wildman–Crippen MR) is 75.0 cm³/mol. The summed E-state index contributed by atoms with van der Waals surface area (Å²) in [5, 5.41) is 4.63. The van der Waals surface area contributed by atoms with Crippen molar-refractivity contribution in [3.63, 3.8) is 0 Å². The molecule has 4 heteroatoms. The second-order valence-corrected chi connectivity index (χ2v) is 4.44. The van der Waals surface area contributed by atoms with Crippen molar-refractivity contribution in [2.24, 2.45) is 0 Å². The maximum Gasteiger partial charge on any atom is 0.154 e. The lowest BCUT2D eigenvalue weighted by Crippen LogP contribution is -1.96. The second-order valence-electron chi connectivity index (χ2n) is 4.44. The summed E-state index contributed by atoms with van der Waals surface area (Å²) in [6, 6.07) is 16.6.